The number of anilines is 1. The quantitative estimate of drug-likeness (QED) is 0.905. The van der Waals surface area contributed by atoms with Gasteiger partial charge in [0.15, 0.2) is 0 Å². The molecule has 0 unspecified atom stereocenters. The molecule has 1 N–H and O–H groups in total. The molecule has 0 saturated heterocycles. The maximum absolute atomic E-state index is 12.0. The lowest BCUT2D eigenvalue weighted by molar-refractivity contribution is 0.102. The van der Waals surface area contributed by atoms with Crippen molar-refractivity contribution in [1.29, 1.82) is 0 Å². The zero-order valence-electron chi connectivity index (χ0n) is 9.58. The number of carbonyl (C=O) groups excluding carboxylic acids is 1. The minimum absolute atomic E-state index is 0.230. The Hall–Kier alpha value is -1.39. The van der Waals surface area contributed by atoms with Crippen molar-refractivity contribution >= 4 is 39.3 Å². The topological polar surface area (TPSA) is 42.0 Å². The lowest BCUT2D eigenvalue weighted by atomic mass is 10.1. The second kappa shape index (κ2) is 5.50. The number of aromatic nitrogens is 1. The Morgan fingerprint density at radius 2 is 2.11 bits per heavy atom. The van der Waals surface area contributed by atoms with Crippen LogP contribution in [0.4, 0.5) is 5.82 Å². The molecule has 0 aliphatic rings. The van der Waals surface area contributed by atoms with Crippen molar-refractivity contribution in [3.8, 4) is 0 Å². The van der Waals surface area contributed by atoms with Crippen molar-refractivity contribution in [2.24, 2.45) is 0 Å². The highest BCUT2D eigenvalue weighted by Gasteiger charge is 2.08. The van der Waals surface area contributed by atoms with Gasteiger partial charge in [0, 0.05) is 21.3 Å². The summed E-state index contributed by atoms with van der Waals surface area (Å²) in [6.07, 6.45) is 1.61. The summed E-state index contributed by atoms with van der Waals surface area (Å²) < 4.78 is 0.857. The number of hydrogen-bond acceptors (Lipinski definition) is 2. The normalized spacial score (nSPS) is 10.2. The summed E-state index contributed by atoms with van der Waals surface area (Å²) in [7, 11) is 0. The van der Waals surface area contributed by atoms with Crippen LogP contribution in [0.15, 0.2) is 41.0 Å². The molecule has 0 spiro atoms. The molecule has 0 radical (unpaired) electrons. The fourth-order valence-electron chi connectivity index (χ4n) is 1.53. The molecule has 1 heterocycles. The molecule has 3 nitrogen and oxygen atoms in total. The summed E-state index contributed by atoms with van der Waals surface area (Å²) in [6.45, 7) is 1.89. The number of amides is 1. The third kappa shape index (κ3) is 3.31. The number of halogens is 2. The van der Waals surface area contributed by atoms with Gasteiger partial charge in [-0.25, -0.2) is 4.98 Å². The number of nitrogens with zero attached hydrogens (tertiary/aromatic N) is 1. The number of carbonyl (C=O) groups is 1. The van der Waals surface area contributed by atoms with Crippen molar-refractivity contribution in [2.45, 2.75) is 6.92 Å². The number of benzene rings is 1. The Bertz CT molecular complexity index is 581. The van der Waals surface area contributed by atoms with Gasteiger partial charge in [-0.1, -0.05) is 27.5 Å². The van der Waals surface area contributed by atoms with Crippen LogP contribution in [0.1, 0.15) is 15.9 Å². The van der Waals surface area contributed by atoms with Crippen LogP contribution in [-0.2, 0) is 0 Å². The van der Waals surface area contributed by atoms with E-state index < -0.39 is 0 Å². The van der Waals surface area contributed by atoms with E-state index in [1.54, 1.807) is 36.5 Å². The molecule has 0 bridgehead atoms. The number of pyridine rings is 1. The van der Waals surface area contributed by atoms with Gasteiger partial charge < -0.3 is 5.32 Å². The zero-order valence-corrected chi connectivity index (χ0v) is 11.9. The van der Waals surface area contributed by atoms with E-state index in [4.69, 9.17) is 11.6 Å². The van der Waals surface area contributed by atoms with Crippen LogP contribution < -0.4 is 5.32 Å². The average molecular weight is 326 g/mol. The van der Waals surface area contributed by atoms with E-state index in [1.165, 1.54) is 0 Å². The van der Waals surface area contributed by atoms with E-state index >= 15 is 0 Å². The van der Waals surface area contributed by atoms with Crippen LogP contribution in [-0.4, -0.2) is 10.9 Å². The number of hydrogen-bond donors (Lipinski definition) is 1. The molecule has 2 rings (SSSR count). The molecule has 0 aliphatic carbocycles. The second-order valence-electron chi connectivity index (χ2n) is 3.83. The Morgan fingerprint density at radius 1 is 1.33 bits per heavy atom. The van der Waals surface area contributed by atoms with E-state index in [9.17, 15) is 4.79 Å². The predicted octanol–water partition coefficient (Wildman–Crippen LogP) is 4.06. The molecule has 0 saturated carbocycles. The molecule has 92 valence electrons. The summed E-state index contributed by atoms with van der Waals surface area (Å²) in [5.74, 6) is 0.262. The number of aryl methyl sites for hydroxylation is 1. The highest BCUT2D eigenvalue weighted by Crippen LogP contribution is 2.17. The number of nitrogens with one attached hydrogen (secondary N) is 1. The Morgan fingerprint density at radius 3 is 2.78 bits per heavy atom. The number of rotatable bonds is 2. The summed E-state index contributed by atoms with van der Waals surface area (Å²) in [5, 5.41) is 3.26. The van der Waals surface area contributed by atoms with Crippen molar-refractivity contribution in [3.63, 3.8) is 0 Å². The van der Waals surface area contributed by atoms with Gasteiger partial charge in [0.2, 0.25) is 0 Å². The molecule has 2 aromatic rings. The molecule has 5 heteroatoms. The highest BCUT2D eigenvalue weighted by molar-refractivity contribution is 9.10. The van der Waals surface area contributed by atoms with Crippen molar-refractivity contribution in [2.75, 3.05) is 5.32 Å². The van der Waals surface area contributed by atoms with E-state index in [2.05, 4.69) is 26.2 Å². The summed E-state index contributed by atoms with van der Waals surface area (Å²) in [6, 6.07) is 8.73. The molecule has 0 fully saturated rings. The summed E-state index contributed by atoms with van der Waals surface area (Å²) >= 11 is 9.24. The summed E-state index contributed by atoms with van der Waals surface area (Å²) in [5.41, 5.74) is 1.46. The molecule has 1 amide bonds. The molecular weight excluding hydrogens is 316 g/mol. The van der Waals surface area contributed by atoms with Gasteiger partial charge >= 0.3 is 0 Å². The van der Waals surface area contributed by atoms with Crippen LogP contribution in [0.2, 0.25) is 5.02 Å². The van der Waals surface area contributed by atoms with E-state index in [0.717, 1.165) is 10.0 Å². The van der Waals surface area contributed by atoms with Gasteiger partial charge in [0.25, 0.3) is 5.91 Å². The molecule has 0 aliphatic heterocycles. The van der Waals surface area contributed by atoms with Crippen LogP contribution in [0.5, 0.6) is 0 Å². The molecular formula is C13H10BrClN2O. The highest BCUT2D eigenvalue weighted by atomic mass is 79.9. The fraction of sp³-hybridized carbons (Fsp3) is 0.0769. The van der Waals surface area contributed by atoms with Crippen LogP contribution >= 0.6 is 27.5 Å². The fourth-order valence-corrected chi connectivity index (χ4v) is 2.15. The van der Waals surface area contributed by atoms with Gasteiger partial charge in [-0.05, 0) is 42.8 Å². The minimum atomic E-state index is -0.230. The Kier molecular flexibility index (Phi) is 3.99. The van der Waals surface area contributed by atoms with E-state index in [-0.39, 0.29) is 5.91 Å². The first kappa shape index (κ1) is 13.1. The Labute approximate surface area is 118 Å². The monoisotopic (exact) mass is 324 g/mol. The minimum Gasteiger partial charge on any atom is -0.307 e. The SMILES string of the molecule is Cc1cc(Cl)cc(C(=O)Nc2cc(Br)ccn2)c1. The second-order valence-corrected chi connectivity index (χ2v) is 5.18. The average Bonchev–Trinajstić information content (AvgIpc) is 2.27. The largest absolute Gasteiger partial charge is 0.307 e. The van der Waals surface area contributed by atoms with Gasteiger partial charge in [-0.2, -0.15) is 0 Å². The maximum atomic E-state index is 12.0. The van der Waals surface area contributed by atoms with Gasteiger partial charge in [0.1, 0.15) is 5.82 Å². The van der Waals surface area contributed by atoms with Crippen LogP contribution in [0, 0.1) is 6.92 Å². The van der Waals surface area contributed by atoms with Gasteiger partial charge in [0.05, 0.1) is 0 Å². The molecule has 0 atom stereocenters. The zero-order chi connectivity index (χ0) is 13.1. The lowest BCUT2D eigenvalue weighted by Gasteiger charge is -2.06. The van der Waals surface area contributed by atoms with E-state index in [0.29, 0.717) is 16.4 Å². The Balaban J connectivity index is 2.22. The smallest absolute Gasteiger partial charge is 0.256 e. The van der Waals surface area contributed by atoms with Gasteiger partial charge in [-0.15, -0.1) is 0 Å². The lowest BCUT2D eigenvalue weighted by Crippen LogP contribution is -2.13. The predicted molar refractivity (Wildman–Crippen MR) is 76.1 cm³/mol. The summed E-state index contributed by atoms with van der Waals surface area (Å²) in [4.78, 5) is 16.1. The molecule has 18 heavy (non-hydrogen) atoms. The molecule has 1 aromatic heterocycles. The van der Waals surface area contributed by atoms with Crippen molar-refractivity contribution in [3.05, 3.63) is 57.2 Å². The first-order chi connectivity index (χ1) is 8.54. The van der Waals surface area contributed by atoms with E-state index in [1.807, 2.05) is 6.92 Å². The van der Waals surface area contributed by atoms with Crippen molar-refractivity contribution in [1.82, 2.24) is 4.98 Å². The van der Waals surface area contributed by atoms with Crippen molar-refractivity contribution < 1.29 is 4.79 Å². The van der Waals surface area contributed by atoms with Crippen LogP contribution in [0.3, 0.4) is 0 Å². The first-order valence-electron chi connectivity index (χ1n) is 5.25. The first-order valence-corrected chi connectivity index (χ1v) is 6.42. The molecule has 1 aromatic carbocycles. The van der Waals surface area contributed by atoms with Crippen LogP contribution in [0.25, 0.3) is 0 Å². The third-order valence-corrected chi connectivity index (χ3v) is 2.98. The standard InChI is InChI=1S/C13H10BrClN2O/c1-8-4-9(6-11(15)5-8)13(18)17-12-7-10(14)2-3-16-12/h2-7H,1H3,(H,16,17,18). The van der Waals surface area contributed by atoms with Gasteiger partial charge in [-0.3, -0.25) is 4.79 Å². The third-order valence-electron chi connectivity index (χ3n) is 2.27. The maximum Gasteiger partial charge on any atom is 0.256 e.